The maximum atomic E-state index is 13.5. The van der Waals surface area contributed by atoms with Gasteiger partial charge in [0.2, 0.25) is 0 Å². The molecule has 0 saturated heterocycles. The molecular formula is C22H23FN2O3S2. The van der Waals surface area contributed by atoms with Gasteiger partial charge in [0, 0.05) is 18.0 Å². The van der Waals surface area contributed by atoms with Gasteiger partial charge in [0.1, 0.15) is 15.8 Å². The molecule has 0 unspecified atom stereocenters. The summed E-state index contributed by atoms with van der Waals surface area (Å²) in [6, 6.07) is 13.2. The van der Waals surface area contributed by atoms with E-state index >= 15 is 0 Å². The van der Waals surface area contributed by atoms with Crippen molar-refractivity contribution in [2.75, 3.05) is 32.0 Å². The monoisotopic (exact) mass is 446 g/mol. The molecule has 0 atom stereocenters. The van der Waals surface area contributed by atoms with Gasteiger partial charge < -0.3 is 9.64 Å². The number of ether oxygens (including phenoxy) is 1. The summed E-state index contributed by atoms with van der Waals surface area (Å²) in [6.07, 6.45) is 1.75. The van der Waals surface area contributed by atoms with Gasteiger partial charge >= 0.3 is 0 Å². The number of likely N-dealkylation sites (N-methyl/N-ethyl adjacent to an activating group) is 1. The first-order valence-electron chi connectivity index (χ1n) is 9.62. The summed E-state index contributed by atoms with van der Waals surface area (Å²) in [6.45, 7) is 1.88. The Morgan fingerprint density at radius 2 is 1.80 bits per heavy atom. The molecule has 3 aromatic rings. The Bertz CT molecular complexity index is 1170. The average Bonchev–Trinajstić information content (AvgIpc) is 3.15. The zero-order valence-electron chi connectivity index (χ0n) is 16.8. The third-order valence-corrected chi connectivity index (χ3v) is 8.24. The fourth-order valence-electron chi connectivity index (χ4n) is 3.57. The van der Waals surface area contributed by atoms with Crippen molar-refractivity contribution in [1.29, 1.82) is 0 Å². The highest BCUT2D eigenvalue weighted by Crippen LogP contribution is 2.35. The highest BCUT2D eigenvalue weighted by atomic mass is 32.2. The Balaban J connectivity index is 1.64. The first kappa shape index (κ1) is 20.8. The number of nitrogens with one attached hydrogen (secondary N) is 1. The fourth-order valence-corrected chi connectivity index (χ4v) is 5.94. The lowest BCUT2D eigenvalue weighted by Gasteiger charge is -2.15. The van der Waals surface area contributed by atoms with E-state index in [1.165, 1.54) is 30.9 Å². The third kappa shape index (κ3) is 4.35. The van der Waals surface area contributed by atoms with Crippen molar-refractivity contribution in [3.8, 4) is 16.2 Å². The number of benzene rings is 2. The fraction of sp³-hybridized carbons (Fsp3) is 0.273. The summed E-state index contributed by atoms with van der Waals surface area (Å²) in [7, 11) is -0.185. The van der Waals surface area contributed by atoms with Crippen LogP contribution < -0.4 is 9.46 Å². The number of sulfonamides is 1. The van der Waals surface area contributed by atoms with E-state index in [0.717, 1.165) is 42.8 Å². The van der Waals surface area contributed by atoms with Gasteiger partial charge in [0.05, 0.1) is 12.8 Å². The molecule has 0 saturated carbocycles. The van der Waals surface area contributed by atoms with Crippen molar-refractivity contribution >= 4 is 27.0 Å². The first-order valence-corrected chi connectivity index (χ1v) is 11.9. The van der Waals surface area contributed by atoms with Crippen molar-refractivity contribution in [3.63, 3.8) is 0 Å². The summed E-state index contributed by atoms with van der Waals surface area (Å²) >= 11 is 1.10. The lowest BCUT2D eigenvalue weighted by Crippen LogP contribution is -2.20. The van der Waals surface area contributed by atoms with Crippen LogP contribution in [0.1, 0.15) is 11.1 Å². The number of hydrogen-bond acceptors (Lipinski definition) is 5. The van der Waals surface area contributed by atoms with Crippen LogP contribution in [0.3, 0.4) is 0 Å². The smallest absolute Gasteiger partial charge is 0.271 e. The second kappa shape index (κ2) is 8.37. The summed E-state index contributed by atoms with van der Waals surface area (Å²) in [5, 5.41) is 0. The molecule has 1 aromatic heterocycles. The van der Waals surface area contributed by atoms with Crippen molar-refractivity contribution < 1.29 is 17.5 Å². The minimum atomic E-state index is -3.81. The van der Waals surface area contributed by atoms with Gasteiger partial charge in [-0.15, -0.1) is 11.3 Å². The molecule has 0 fully saturated rings. The molecule has 4 rings (SSSR count). The Labute approximate surface area is 180 Å². The summed E-state index contributed by atoms with van der Waals surface area (Å²) in [4.78, 5) is 2.95. The molecule has 2 aromatic carbocycles. The van der Waals surface area contributed by atoms with Crippen molar-refractivity contribution in [1.82, 2.24) is 4.90 Å². The number of anilines is 1. The Hall–Kier alpha value is -2.42. The number of methoxy groups -OCH3 is 1. The second-order valence-electron chi connectivity index (χ2n) is 7.36. The second-order valence-corrected chi connectivity index (χ2v) is 10.4. The summed E-state index contributed by atoms with van der Waals surface area (Å²) in [5.41, 5.74) is 3.39. The van der Waals surface area contributed by atoms with Gasteiger partial charge in [-0.05, 0) is 73.0 Å². The van der Waals surface area contributed by atoms with E-state index in [1.807, 2.05) is 12.1 Å². The van der Waals surface area contributed by atoms with Gasteiger partial charge in [0.15, 0.2) is 0 Å². The van der Waals surface area contributed by atoms with E-state index in [9.17, 15) is 12.8 Å². The molecule has 2 heterocycles. The molecular weight excluding hydrogens is 423 g/mol. The number of halogens is 1. The SMILES string of the molecule is COc1cc2c(cc1NS(=O)(=O)c1ccc(-c3cccc(F)c3)s1)CCN(C)CC2. The standard InChI is InChI=1S/C22H23FN2O3S2/c1-25-10-8-15-13-19(20(28-2)14-16(15)9-11-25)24-30(26,27)22-7-6-21(29-22)17-4-3-5-18(23)12-17/h3-7,12-14,24H,8-11H2,1-2H3. The number of fused-ring (bicyclic) bond motifs is 1. The predicted molar refractivity (Wildman–Crippen MR) is 118 cm³/mol. The molecule has 1 aliphatic heterocycles. The number of nitrogens with zero attached hydrogens (tertiary/aromatic N) is 1. The van der Waals surface area contributed by atoms with Crippen molar-refractivity contribution in [2.24, 2.45) is 0 Å². The Kier molecular flexibility index (Phi) is 5.81. The molecule has 8 heteroatoms. The van der Waals surface area contributed by atoms with E-state index < -0.39 is 10.0 Å². The first-order chi connectivity index (χ1) is 14.4. The Morgan fingerprint density at radius 3 is 2.50 bits per heavy atom. The zero-order chi connectivity index (χ0) is 21.3. The van der Waals surface area contributed by atoms with Crippen LogP contribution in [0, 0.1) is 5.82 Å². The highest BCUT2D eigenvalue weighted by Gasteiger charge is 2.22. The molecule has 5 nitrogen and oxygen atoms in total. The van der Waals surface area contributed by atoms with Crippen molar-refractivity contribution in [3.05, 3.63) is 65.5 Å². The van der Waals surface area contributed by atoms with E-state index in [1.54, 1.807) is 18.2 Å². The lowest BCUT2D eigenvalue weighted by atomic mass is 10.0. The average molecular weight is 447 g/mol. The van der Waals surface area contributed by atoms with Gasteiger partial charge in [-0.3, -0.25) is 4.72 Å². The van der Waals surface area contributed by atoms with Crippen molar-refractivity contribution in [2.45, 2.75) is 17.1 Å². The molecule has 158 valence electrons. The minimum Gasteiger partial charge on any atom is -0.495 e. The van der Waals surface area contributed by atoms with Gasteiger partial charge in [-0.1, -0.05) is 12.1 Å². The van der Waals surface area contributed by atoms with Crippen LogP contribution in [0.15, 0.2) is 52.7 Å². The molecule has 0 bridgehead atoms. The normalized spacial score (nSPS) is 14.8. The van der Waals surface area contributed by atoms with Gasteiger partial charge in [-0.2, -0.15) is 0 Å². The number of hydrogen-bond donors (Lipinski definition) is 1. The predicted octanol–water partition coefficient (Wildman–Crippen LogP) is 4.39. The van der Waals surface area contributed by atoms with Crippen LogP contribution in [0.5, 0.6) is 5.75 Å². The largest absolute Gasteiger partial charge is 0.495 e. The van der Waals surface area contributed by atoms with E-state index in [4.69, 9.17) is 4.74 Å². The van der Waals surface area contributed by atoms with Crippen LogP contribution in [0.25, 0.3) is 10.4 Å². The van der Waals surface area contributed by atoms with Crippen LogP contribution in [0.4, 0.5) is 10.1 Å². The maximum absolute atomic E-state index is 13.5. The quantitative estimate of drug-likeness (QED) is 0.631. The molecule has 0 spiro atoms. The van der Waals surface area contributed by atoms with Crippen LogP contribution in [0.2, 0.25) is 0 Å². The number of rotatable bonds is 5. The summed E-state index contributed by atoms with van der Waals surface area (Å²) in [5.74, 6) is 0.146. The topological polar surface area (TPSA) is 58.6 Å². The third-order valence-electron chi connectivity index (χ3n) is 5.25. The minimum absolute atomic E-state index is 0.165. The van der Waals surface area contributed by atoms with E-state index in [-0.39, 0.29) is 10.0 Å². The molecule has 0 radical (unpaired) electrons. The van der Waals surface area contributed by atoms with Crippen LogP contribution in [-0.2, 0) is 22.9 Å². The van der Waals surface area contributed by atoms with Crippen LogP contribution in [-0.4, -0.2) is 40.6 Å². The lowest BCUT2D eigenvalue weighted by molar-refractivity contribution is 0.352. The highest BCUT2D eigenvalue weighted by molar-refractivity contribution is 7.94. The van der Waals surface area contributed by atoms with Gasteiger partial charge in [0.25, 0.3) is 10.0 Å². The Morgan fingerprint density at radius 1 is 1.07 bits per heavy atom. The molecule has 1 aliphatic rings. The molecule has 1 N–H and O–H groups in total. The molecule has 30 heavy (non-hydrogen) atoms. The van der Waals surface area contributed by atoms with E-state index in [0.29, 0.717) is 21.9 Å². The molecule has 0 aliphatic carbocycles. The van der Waals surface area contributed by atoms with Gasteiger partial charge in [-0.25, -0.2) is 12.8 Å². The summed E-state index contributed by atoms with van der Waals surface area (Å²) < 4.78 is 47.9. The number of thiophene rings is 1. The zero-order valence-corrected chi connectivity index (χ0v) is 18.4. The molecule has 0 amide bonds. The maximum Gasteiger partial charge on any atom is 0.271 e. The van der Waals surface area contributed by atoms with E-state index in [2.05, 4.69) is 16.7 Å². The van der Waals surface area contributed by atoms with Crippen LogP contribution >= 0.6 is 11.3 Å².